The molecule has 0 radical (unpaired) electrons. The Balaban J connectivity index is 2.47. The van der Waals surface area contributed by atoms with E-state index in [-0.39, 0.29) is 5.75 Å². The van der Waals surface area contributed by atoms with Crippen LogP contribution in [0, 0.1) is 5.92 Å². The predicted molar refractivity (Wildman–Crippen MR) is 62.4 cm³/mol. The molecule has 0 amide bonds. The molecule has 0 bridgehead atoms. The topological polar surface area (TPSA) is 32.3 Å². The molecule has 0 spiro atoms. The van der Waals surface area contributed by atoms with Crippen molar-refractivity contribution in [3.63, 3.8) is 0 Å². The summed E-state index contributed by atoms with van der Waals surface area (Å²) in [6.07, 6.45) is 0. The smallest absolute Gasteiger partial charge is 0.129 e. The van der Waals surface area contributed by atoms with Crippen molar-refractivity contribution in [1.82, 2.24) is 5.32 Å². The summed E-state index contributed by atoms with van der Waals surface area (Å²) in [5.41, 5.74) is 1.18. The van der Waals surface area contributed by atoms with Gasteiger partial charge in [0.05, 0.1) is 4.47 Å². The molecule has 1 aromatic carbocycles. The first kappa shape index (κ1) is 11.5. The van der Waals surface area contributed by atoms with E-state index in [2.05, 4.69) is 35.1 Å². The van der Waals surface area contributed by atoms with Crippen LogP contribution in [-0.2, 0) is 6.54 Å². The fourth-order valence-corrected chi connectivity index (χ4v) is 1.59. The molecule has 2 nitrogen and oxygen atoms in total. The number of nitrogens with one attached hydrogen (secondary N) is 1. The SMILES string of the molecule is CC(C)CNCc1ccc(O)c(Br)c1. The molecular formula is C11H16BrNO. The summed E-state index contributed by atoms with van der Waals surface area (Å²) in [4.78, 5) is 0. The molecule has 0 aliphatic heterocycles. The molecule has 0 fully saturated rings. The third-order valence-corrected chi connectivity index (χ3v) is 2.53. The van der Waals surface area contributed by atoms with Gasteiger partial charge in [0.2, 0.25) is 0 Å². The fourth-order valence-electron chi connectivity index (χ4n) is 1.17. The van der Waals surface area contributed by atoms with Crippen LogP contribution in [0.1, 0.15) is 19.4 Å². The first-order chi connectivity index (χ1) is 6.59. The third-order valence-electron chi connectivity index (χ3n) is 1.89. The van der Waals surface area contributed by atoms with Crippen molar-refractivity contribution in [3.05, 3.63) is 28.2 Å². The monoisotopic (exact) mass is 257 g/mol. The van der Waals surface area contributed by atoms with Crippen LogP contribution in [0.4, 0.5) is 0 Å². The van der Waals surface area contributed by atoms with Crippen molar-refractivity contribution in [3.8, 4) is 5.75 Å². The third kappa shape index (κ3) is 3.68. The van der Waals surface area contributed by atoms with Gasteiger partial charge in [0, 0.05) is 6.54 Å². The minimum absolute atomic E-state index is 0.289. The molecular weight excluding hydrogens is 242 g/mol. The first-order valence-electron chi connectivity index (χ1n) is 4.77. The molecule has 0 heterocycles. The molecule has 1 rings (SSSR count). The Morgan fingerprint density at radius 1 is 1.43 bits per heavy atom. The minimum atomic E-state index is 0.289. The van der Waals surface area contributed by atoms with E-state index in [1.807, 2.05) is 12.1 Å². The molecule has 14 heavy (non-hydrogen) atoms. The average Bonchev–Trinajstić information content (AvgIpc) is 2.10. The van der Waals surface area contributed by atoms with E-state index in [0.29, 0.717) is 5.92 Å². The summed E-state index contributed by atoms with van der Waals surface area (Å²) in [5, 5.41) is 12.6. The normalized spacial score (nSPS) is 10.9. The van der Waals surface area contributed by atoms with E-state index in [0.717, 1.165) is 17.6 Å². The number of halogens is 1. The standard InChI is InChI=1S/C11H16BrNO/c1-8(2)6-13-7-9-3-4-11(14)10(12)5-9/h3-5,8,13-14H,6-7H2,1-2H3. The maximum atomic E-state index is 9.29. The van der Waals surface area contributed by atoms with Crippen LogP contribution in [0.5, 0.6) is 5.75 Å². The first-order valence-corrected chi connectivity index (χ1v) is 5.57. The molecule has 0 aromatic heterocycles. The maximum absolute atomic E-state index is 9.29. The highest BCUT2D eigenvalue weighted by Gasteiger charge is 1.99. The number of rotatable bonds is 4. The van der Waals surface area contributed by atoms with Gasteiger partial charge in [-0.25, -0.2) is 0 Å². The van der Waals surface area contributed by atoms with Crippen molar-refractivity contribution in [2.75, 3.05) is 6.54 Å². The van der Waals surface area contributed by atoms with Gasteiger partial charge in [0.1, 0.15) is 5.75 Å². The highest BCUT2D eigenvalue weighted by molar-refractivity contribution is 9.10. The zero-order valence-electron chi connectivity index (χ0n) is 8.55. The van der Waals surface area contributed by atoms with Gasteiger partial charge in [-0.2, -0.15) is 0 Å². The number of phenolic OH excluding ortho intramolecular Hbond substituents is 1. The second kappa shape index (κ2) is 5.37. The highest BCUT2D eigenvalue weighted by atomic mass is 79.9. The van der Waals surface area contributed by atoms with Gasteiger partial charge >= 0.3 is 0 Å². The zero-order chi connectivity index (χ0) is 10.6. The van der Waals surface area contributed by atoms with Crippen LogP contribution in [0.3, 0.4) is 0 Å². The number of aromatic hydroxyl groups is 1. The Labute approximate surface area is 93.5 Å². The van der Waals surface area contributed by atoms with Crippen LogP contribution in [0.15, 0.2) is 22.7 Å². The molecule has 0 unspecified atom stereocenters. The van der Waals surface area contributed by atoms with Crippen LogP contribution < -0.4 is 5.32 Å². The van der Waals surface area contributed by atoms with Crippen LogP contribution in [0.2, 0.25) is 0 Å². The lowest BCUT2D eigenvalue weighted by atomic mass is 10.2. The number of hydrogen-bond donors (Lipinski definition) is 2. The molecule has 78 valence electrons. The second-order valence-electron chi connectivity index (χ2n) is 3.81. The fraction of sp³-hybridized carbons (Fsp3) is 0.455. The van der Waals surface area contributed by atoms with E-state index in [4.69, 9.17) is 0 Å². The maximum Gasteiger partial charge on any atom is 0.129 e. The summed E-state index contributed by atoms with van der Waals surface area (Å²) in [6, 6.07) is 5.56. The highest BCUT2D eigenvalue weighted by Crippen LogP contribution is 2.24. The largest absolute Gasteiger partial charge is 0.507 e. The summed E-state index contributed by atoms with van der Waals surface area (Å²) in [5.74, 6) is 0.952. The van der Waals surface area contributed by atoms with Crippen LogP contribution >= 0.6 is 15.9 Å². The van der Waals surface area contributed by atoms with Crippen LogP contribution in [0.25, 0.3) is 0 Å². The van der Waals surface area contributed by atoms with Gasteiger partial charge in [-0.15, -0.1) is 0 Å². The zero-order valence-corrected chi connectivity index (χ0v) is 10.1. The van der Waals surface area contributed by atoms with Gasteiger partial charge in [-0.1, -0.05) is 19.9 Å². The average molecular weight is 258 g/mol. The van der Waals surface area contributed by atoms with Crippen molar-refractivity contribution >= 4 is 15.9 Å². The Hall–Kier alpha value is -0.540. The molecule has 0 aliphatic carbocycles. The lowest BCUT2D eigenvalue weighted by Crippen LogP contribution is -2.18. The number of hydrogen-bond acceptors (Lipinski definition) is 2. The summed E-state index contributed by atoms with van der Waals surface area (Å²) < 4.78 is 0.751. The van der Waals surface area contributed by atoms with Crippen LogP contribution in [-0.4, -0.2) is 11.7 Å². The Bertz CT molecular complexity index is 299. The molecule has 0 atom stereocenters. The summed E-state index contributed by atoms with van der Waals surface area (Å²) in [7, 11) is 0. The van der Waals surface area contributed by atoms with E-state index in [1.54, 1.807) is 6.07 Å². The van der Waals surface area contributed by atoms with E-state index >= 15 is 0 Å². The Kier molecular flexibility index (Phi) is 4.42. The molecule has 2 N–H and O–H groups in total. The summed E-state index contributed by atoms with van der Waals surface area (Å²) in [6.45, 7) is 6.22. The van der Waals surface area contributed by atoms with E-state index in [9.17, 15) is 5.11 Å². The Morgan fingerprint density at radius 3 is 2.71 bits per heavy atom. The van der Waals surface area contributed by atoms with Gasteiger partial charge < -0.3 is 10.4 Å². The number of phenols is 1. The van der Waals surface area contributed by atoms with E-state index in [1.165, 1.54) is 5.56 Å². The quantitative estimate of drug-likeness (QED) is 0.870. The molecule has 0 saturated carbocycles. The van der Waals surface area contributed by atoms with Gasteiger partial charge in [0.25, 0.3) is 0 Å². The minimum Gasteiger partial charge on any atom is -0.507 e. The van der Waals surface area contributed by atoms with Crippen molar-refractivity contribution in [2.45, 2.75) is 20.4 Å². The van der Waals surface area contributed by atoms with Crippen molar-refractivity contribution in [2.24, 2.45) is 5.92 Å². The van der Waals surface area contributed by atoms with Gasteiger partial charge in [-0.3, -0.25) is 0 Å². The predicted octanol–water partition coefficient (Wildman–Crippen LogP) is 2.90. The molecule has 3 heteroatoms. The van der Waals surface area contributed by atoms with E-state index < -0.39 is 0 Å². The molecule has 1 aromatic rings. The van der Waals surface area contributed by atoms with Gasteiger partial charge in [0.15, 0.2) is 0 Å². The lowest BCUT2D eigenvalue weighted by molar-refractivity contribution is 0.471. The molecule has 0 saturated heterocycles. The second-order valence-corrected chi connectivity index (χ2v) is 4.66. The molecule has 0 aliphatic rings. The lowest BCUT2D eigenvalue weighted by Gasteiger charge is -2.08. The van der Waals surface area contributed by atoms with Crippen molar-refractivity contribution < 1.29 is 5.11 Å². The van der Waals surface area contributed by atoms with Gasteiger partial charge in [-0.05, 0) is 46.1 Å². The van der Waals surface area contributed by atoms with Crippen molar-refractivity contribution in [1.29, 1.82) is 0 Å². The number of benzene rings is 1. The summed E-state index contributed by atoms with van der Waals surface area (Å²) >= 11 is 3.29. The Morgan fingerprint density at radius 2 is 2.14 bits per heavy atom.